The maximum Gasteiger partial charge on any atom is 0.307 e. The van der Waals surface area contributed by atoms with E-state index in [1.54, 1.807) is 30.3 Å². The third-order valence-electron chi connectivity index (χ3n) is 15.4. The van der Waals surface area contributed by atoms with Crippen molar-refractivity contribution in [3.63, 3.8) is 0 Å². The predicted octanol–water partition coefficient (Wildman–Crippen LogP) is 5.68. The number of aromatic nitrogens is 2. The highest BCUT2D eigenvalue weighted by atomic mass is 16.5. The molecular formula is C54H70N8O8. The number of phenols is 1. The van der Waals surface area contributed by atoms with Gasteiger partial charge in [-0.1, -0.05) is 39.8 Å². The van der Waals surface area contributed by atoms with Crippen LogP contribution in [0.2, 0.25) is 0 Å². The number of aryl methyl sites for hydroxylation is 1. The molecule has 9 rings (SSSR count). The molecule has 4 saturated heterocycles. The van der Waals surface area contributed by atoms with Crippen LogP contribution in [0.4, 0.5) is 0 Å². The van der Waals surface area contributed by atoms with E-state index >= 15 is 0 Å². The van der Waals surface area contributed by atoms with Crippen molar-refractivity contribution in [2.45, 2.75) is 130 Å². The number of hydrazine groups is 1. The lowest BCUT2D eigenvalue weighted by Crippen LogP contribution is -2.61. The molecule has 16 heteroatoms. The van der Waals surface area contributed by atoms with Crippen molar-refractivity contribution >= 4 is 40.5 Å². The number of hydrogen-bond donors (Lipinski definition) is 4. The number of benzene rings is 2. The number of aromatic hydroxyl groups is 1. The van der Waals surface area contributed by atoms with Crippen molar-refractivity contribution in [2.75, 3.05) is 46.4 Å². The van der Waals surface area contributed by atoms with E-state index < -0.39 is 28.8 Å². The van der Waals surface area contributed by atoms with Crippen LogP contribution in [0.25, 0.3) is 33.3 Å². The minimum Gasteiger partial charge on any atom is -0.508 e. The smallest absolute Gasteiger partial charge is 0.307 e. The number of methoxy groups -OCH3 is 1. The van der Waals surface area contributed by atoms with Gasteiger partial charge in [0.25, 0.3) is 5.91 Å². The third-order valence-corrected chi connectivity index (χ3v) is 15.4. The molecule has 4 amide bonds. The molecule has 2 aromatic heterocycles. The topological polar surface area (TPSA) is 198 Å². The van der Waals surface area contributed by atoms with E-state index in [0.29, 0.717) is 83.4 Å². The molecule has 0 aliphatic carbocycles. The van der Waals surface area contributed by atoms with Gasteiger partial charge in [-0.15, -0.1) is 0 Å². The minimum atomic E-state index is -1.10. The summed E-state index contributed by atoms with van der Waals surface area (Å²) in [5, 5.41) is 20.1. The fourth-order valence-electron chi connectivity index (χ4n) is 11.5. The Kier molecular flexibility index (Phi) is 13.9. The molecule has 0 unspecified atom stereocenters. The number of amides is 4. The van der Waals surface area contributed by atoms with Crippen molar-refractivity contribution in [3.8, 4) is 28.1 Å². The number of likely N-dealkylation sites (tertiary alicyclic amines) is 2. The van der Waals surface area contributed by atoms with E-state index in [-0.39, 0.29) is 73.0 Å². The Hall–Kier alpha value is -5.84. The number of fused-ring (bicyclic) bond motifs is 6. The second-order valence-corrected chi connectivity index (χ2v) is 21.4. The van der Waals surface area contributed by atoms with Gasteiger partial charge in [-0.25, -0.2) is 5.43 Å². The molecule has 374 valence electrons. The number of pyridine rings is 1. The van der Waals surface area contributed by atoms with Gasteiger partial charge in [0.15, 0.2) is 0 Å². The number of nitrogens with zero attached hydrogens (tertiary/aromatic N) is 5. The lowest BCUT2D eigenvalue weighted by molar-refractivity contribution is -0.150. The molecule has 5 aliphatic rings. The first-order valence-corrected chi connectivity index (χ1v) is 25.3. The normalized spacial score (nSPS) is 23.5. The molecule has 6 bridgehead atoms. The molecule has 0 saturated carbocycles. The van der Waals surface area contributed by atoms with Crippen molar-refractivity contribution in [3.05, 3.63) is 71.5 Å². The van der Waals surface area contributed by atoms with E-state index in [1.165, 1.54) is 5.01 Å². The standard InChI is InChI=1S/C54H70N8O8/c1-8-60-44-14-13-35-27-40(44)41(48(60)39-12-9-18-55-46(39)33(4)69-7)29-53(5,6)31-70-45(64)28-37-11-10-19-62(58-37)51(67)42(25-34-23-36(35)26-38(63)24-34)57-49(65)47(32(2)3)61-22-17-54(52(61)68)15-20-59(21-16-54)50(66)43-30-56-43/h9,12-14,18,23-24,26-27,32-33,37,42-43,47,56,58,63H,8,10-11,15-17,19-22,25,28-31H2,1-7H3,(H,57,65)/t33-,37-,42-,43+,47-/m0/s1. The van der Waals surface area contributed by atoms with Crippen LogP contribution in [-0.4, -0.2) is 130 Å². The zero-order valence-electron chi connectivity index (χ0n) is 41.8. The van der Waals surface area contributed by atoms with E-state index in [0.717, 1.165) is 44.5 Å². The molecular weight excluding hydrogens is 889 g/mol. The highest BCUT2D eigenvalue weighted by Gasteiger charge is 2.52. The predicted molar refractivity (Wildman–Crippen MR) is 265 cm³/mol. The van der Waals surface area contributed by atoms with Gasteiger partial charge >= 0.3 is 5.97 Å². The Morgan fingerprint density at radius 3 is 2.46 bits per heavy atom. The van der Waals surface area contributed by atoms with Crippen LogP contribution in [0.3, 0.4) is 0 Å². The Labute approximate surface area is 410 Å². The number of hydrogen-bond acceptors (Lipinski definition) is 11. The summed E-state index contributed by atoms with van der Waals surface area (Å²) in [6.45, 7) is 15.4. The molecule has 1 spiro atoms. The molecule has 16 nitrogen and oxygen atoms in total. The van der Waals surface area contributed by atoms with Crippen LogP contribution in [0.15, 0.2) is 54.7 Å². The number of esters is 1. The summed E-state index contributed by atoms with van der Waals surface area (Å²) >= 11 is 0. The zero-order chi connectivity index (χ0) is 49.6. The molecule has 5 atom stereocenters. The number of nitrogens with one attached hydrogen (secondary N) is 3. The summed E-state index contributed by atoms with van der Waals surface area (Å²) in [5.74, 6) is -1.46. The molecule has 4 aromatic rings. The SMILES string of the molecule is CCn1c(-c2cccnc2[C@H](C)OC)c2c3cc(ccc31)-c1cc(O)cc(c1)C[C@H](NC(=O)[C@H](C(C)C)N1CCC3(CCN(C(=O)[C@H]4CN4)CC3)C1=O)C(=O)N1CCC[C@@H](CC(=O)OCC(C)(C)C2)N1. The Bertz CT molecular complexity index is 2670. The number of carbonyl (C=O) groups excluding carboxylic acids is 5. The summed E-state index contributed by atoms with van der Waals surface area (Å²) in [6.07, 6.45) is 5.09. The van der Waals surface area contributed by atoms with Crippen LogP contribution in [0.1, 0.15) is 103 Å². The maximum atomic E-state index is 14.9. The third kappa shape index (κ3) is 9.78. The van der Waals surface area contributed by atoms with Gasteiger partial charge in [0, 0.05) is 86.9 Å². The molecule has 4 fully saturated rings. The number of rotatable bonds is 9. The fourth-order valence-corrected chi connectivity index (χ4v) is 11.5. The van der Waals surface area contributed by atoms with Crippen molar-refractivity contribution in [1.82, 2.24) is 40.4 Å². The maximum absolute atomic E-state index is 14.9. The first kappa shape index (κ1) is 49.2. The summed E-state index contributed by atoms with van der Waals surface area (Å²) < 4.78 is 14.2. The quantitative estimate of drug-likeness (QED) is 0.119. The van der Waals surface area contributed by atoms with Crippen molar-refractivity contribution in [1.29, 1.82) is 0 Å². The lowest BCUT2D eigenvalue weighted by atomic mass is 9.77. The highest BCUT2D eigenvalue weighted by molar-refractivity contribution is 5.96. The van der Waals surface area contributed by atoms with Gasteiger partial charge in [-0.3, -0.25) is 34.0 Å². The number of carbonyl (C=O) groups is 5. The second kappa shape index (κ2) is 19.7. The van der Waals surface area contributed by atoms with Crippen LogP contribution in [-0.2, 0) is 52.8 Å². The number of ether oxygens (including phenoxy) is 2. The van der Waals surface area contributed by atoms with E-state index in [4.69, 9.17) is 14.5 Å². The first-order chi connectivity index (χ1) is 33.5. The van der Waals surface area contributed by atoms with E-state index in [9.17, 15) is 29.1 Å². The van der Waals surface area contributed by atoms with Gasteiger partial charge in [0.05, 0.1) is 42.0 Å². The average Bonchev–Trinajstić information content (AvgIpc) is 4.10. The number of phenolic OH excluding ortho intramolecular Hbond substituents is 1. The zero-order valence-corrected chi connectivity index (χ0v) is 41.8. The highest BCUT2D eigenvalue weighted by Crippen LogP contribution is 2.44. The van der Waals surface area contributed by atoms with Gasteiger partial charge in [0.2, 0.25) is 17.7 Å². The summed E-state index contributed by atoms with van der Waals surface area (Å²) in [4.78, 5) is 79.0. The largest absolute Gasteiger partial charge is 0.508 e. The summed E-state index contributed by atoms with van der Waals surface area (Å²) in [6, 6.07) is 13.2. The van der Waals surface area contributed by atoms with Gasteiger partial charge < -0.3 is 39.6 Å². The van der Waals surface area contributed by atoms with Crippen LogP contribution in [0, 0.1) is 16.7 Å². The first-order valence-electron chi connectivity index (χ1n) is 25.3. The molecule has 4 N–H and O–H groups in total. The van der Waals surface area contributed by atoms with Gasteiger partial charge in [-0.05, 0) is 117 Å². The Morgan fingerprint density at radius 2 is 1.74 bits per heavy atom. The van der Waals surface area contributed by atoms with Gasteiger partial charge in [-0.2, -0.15) is 0 Å². The monoisotopic (exact) mass is 959 g/mol. The van der Waals surface area contributed by atoms with Crippen LogP contribution in [0.5, 0.6) is 5.75 Å². The average molecular weight is 959 g/mol. The Morgan fingerprint density at radius 1 is 0.986 bits per heavy atom. The molecule has 2 aromatic carbocycles. The molecule has 7 heterocycles. The number of piperidine rings is 1. The fraction of sp³-hybridized carbons (Fsp3) is 0.556. The van der Waals surface area contributed by atoms with Crippen LogP contribution >= 0.6 is 0 Å². The number of cyclic esters (lactones) is 1. The lowest BCUT2D eigenvalue weighted by Gasteiger charge is -2.39. The Balaban J connectivity index is 1.08. The van der Waals surface area contributed by atoms with Crippen molar-refractivity contribution in [2.24, 2.45) is 16.7 Å². The van der Waals surface area contributed by atoms with Crippen LogP contribution < -0.4 is 16.1 Å². The molecule has 0 radical (unpaired) electrons. The van der Waals surface area contributed by atoms with E-state index in [2.05, 4.69) is 59.6 Å². The van der Waals surface area contributed by atoms with Crippen molar-refractivity contribution < 1.29 is 38.6 Å². The van der Waals surface area contributed by atoms with Gasteiger partial charge in [0.1, 0.15) is 17.8 Å². The second-order valence-electron chi connectivity index (χ2n) is 21.4. The molecule has 70 heavy (non-hydrogen) atoms. The summed E-state index contributed by atoms with van der Waals surface area (Å²) in [5.41, 5.74) is 9.24. The molecule has 5 aliphatic heterocycles. The minimum absolute atomic E-state index is 0.0127. The van der Waals surface area contributed by atoms with E-state index in [1.807, 2.05) is 43.9 Å². The summed E-state index contributed by atoms with van der Waals surface area (Å²) in [7, 11) is 1.68.